The second-order valence-corrected chi connectivity index (χ2v) is 7.48. The van der Waals surface area contributed by atoms with E-state index in [1.807, 2.05) is 0 Å². The van der Waals surface area contributed by atoms with E-state index in [0.717, 1.165) is 26.1 Å². The third kappa shape index (κ3) is 4.09. The lowest BCUT2D eigenvalue weighted by Gasteiger charge is -2.20. The van der Waals surface area contributed by atoms with Gasteiger partial charge in [0.15, 0.2) is 0 Å². The summed E-state index contributed by atoms with van der Waals surface area (Å²) < 4.78 is 22.8. The molecule has 0 aliphatic carbocycles. The van der Waals surface area contributed by atoms with Crippen LogP contribution in [0.25, 0.3) is 0 Å². The Morgan fingerprint density at radius 1 is 1.43 bits per heavy atom. The van der Waals surface area contributed by atoms with Crippen molar-refractivity contribution in [1.82, 2.24) is 4.90 Å². The van der Waals surface area contributed by atoms with Crippen LogP contribution in [0.15, 0.2) is 23.1 Å². The smallest absolute Gasteiger partial charge is 0.238 e. The molecule has 1 heterocycles. The van der Waals surface area contributed by atoms with Crippen molar-refractivity contribution >= 4 is 21.4 Å². The minimum absolute atomic E-state index is 0.0782. The molecule has 0 bridgehead atoms. The number of likely N-dealkylation sites (tertiary alicyclic amines) is 1. The van der Waals surface area contributed by atoms with E-state index in [0.29, 0.717) is 23.3 Å². The van der Waals surface area contributed by atoms with Crippen molar-refractivity contribution in [3.05, 3.63) is 18.2 Å². The number of nitrogens with one attached hydrogen (secondary N) is 1. The topological polar surface area (TPSA) is 101 Å². The molecule has 1 atom stereocenters. The van der Waals surface area contributed by atoms with Crippen molar-refractivity contribution in [1.29, 1.82) is 0 Å². The van der Waals surface area contributed by atoms with Gasteiger partial charge >= 0.3 is 0 Å². The number of hydrogen-bond donors (Lipinski definition) is 3. The van der Waals surface area contributed by atoms with Crippen molar-refractivity contribution in [2.75, 3.05) is 30.7 Å². The summed E-state index contributed by atoms with van der Waals surface area (Å²) >= 11 is 0. The van der Waals surface area contributed by atoms with Gasteiger partial charge in [0.1, 0.15) is 0 Å². The second-order valence-electron chi connectivity index (χ2n) is 5.92. The van der Waals surface area contributed by atoms with Gasteiger partial charge in [0, 0.05) is 19.1 Å². The molecule has 1 aromatic carbocycles. The van der Waals surface area contributed by atoms with Crippen LogP contribution in [0.2, 0.25) is 0 Å². The monoisotopic (exact) mass is 312 g/mol. The van der Waals surface area contributed by atoms with Gasteiger partial charge in [-0.2, -0.15) is 0 Å². The first-order valence-electron chi connectivity index (χ1n) is 7.17. The Morgan fingerprint density at radius 2 is 2.14 bits per heavy atom. The summed E-state index contributed by atoms with van der Waals surface area (Å²) in [5.41, 5.74) is 7.04. The second kappa shape index (κ2) is 6.21. The fraction of sp³-hybridized carbons (Fsp3) is 0.571. The highest BCUT2D eigenvalue weighted by Crippen LogP contribution is 2.24. The van der Waals surface area contributed by atoms with Crippen LogP contribution in [0.5, 0.6) is 0 Å². The average molecular weight is 312 g/mol. The maximum absolute atomic E-state index is 11.4. The van der Waals surface area contributed by atoms with Crippen LogP contribution in [0, 0.1) is 5.92 Å². The normalized spacial score (nSPS) is 20.1. The molecule has 1 saturated heterocycles. The minimum Gasteiger partial charge on any atom is -0.397 e. The van der Waals surface area contributed by atoms with Gasteiger partial charge in [-0.3, -0.25) is 0 Å². The number of benzene rings is 1. The van der Waals surface area contributed by atoms with E-state index >= 15 is 0 Å². The lowest BCUT2D eigenvalue weighted by Crippen LogP contribution is -2.29. The Hall–Kier alpha value is -1.31. The molecule has 1 aliphatic heterocycles. The lowest BCUT2D eigenvalue weighted by atomic mass is 10.1. The Kier molecular flexibility index (Phi) is 4.75. The average Bonchev–Trinajstić information content (AvgIpc) is 2.85. The number of primary sulfonamides is 1. The highest BCUT2D eigenvalue weighted by atomic mass is 32.2. The van der Waals surface area contributed by atoms with Crippen molar-refractivity contribution in [2.24, 2.45) is 11.1 Å². The Labute approximate surface area is 126 Å². The van der Waals surface area contributed by atoms with E-state index in [-0.39, 0.29) is 4.90 Å². The predicted octanol–water partition coefficient (Wildman–Crippen LogP) is 1.06. The first-order valence-corrected chi connectivity index (χ1v) is 8.72. The van der Waals surface area contributed by atoms with Gasteiger partial charge in [-0.15, -0.1) is 0 Å². The molecule has 21 heavy (non-hydrogen) atoms. The first kappa shape index (κ1) is 16.1. The molecular weight excluding hydrogens is 288 g/mol. The number of nitrogen functional groups attached to an aromatic ring is 1. The largest absolute Gasteiger partial charge is 0.397 e. The molecule has 0 aromatic heterocycles. The zero-order chi connectivity index (χ0) is 15.6. The highest BCUT2D eigenvalue weighted by molar-refractivity contribution is 7.89. The third-order valence-electron chi connectivity index (χ3n) is 3.98. The molecule has 0 saturated carbocycles. The predicted molar refractivity (Wildman–Crippen MR) is 85.5 cm³/mol. The van der Waals surface area contributed by atoms with Gasteiger partial charge in [0.05, 0.1) is 16.3 Å². The standard InChI is InChI=1S/C14H24N4O2S/c1-10(2)18-6-5-11(9-18)8-17-14-7-12(21(16,19)20)3-4-13(14)15/h3-4,7,10-11,17H,5-6,8-9,15H2,1-2H3,(H2,16,19,20). The Morgan fingerprint density at radius 3 is 2.71 bits per heavy atom. The van der Waals surface area contributed by atoms with Gasteiger partial charge in [0.2, 0.25) is 10.0 Å². The minimum atomic E-state index is -3.70. The molecule has 1 aromatic rings. The maximum atomic E-state index is 11.4. The van der Waals surface area contributed by atoms with Crippen molar-refractivity contribution in [3.8, 4) is 0 Å². The van der Waals surface area contributed by atoms with Gasteiger partial charge in [0.25, 0.3) is 0 Å². The number of hydrogen-bond acceptors (Lipinski definition) is 5. The molecule has 1 fully saturated rings. The van der Waals surface area contributed by atoms with E-state index in [1.165, 1.54) is 12.1 Å². The summed E-state index contributed by atoms with van der Waals surface area (Å²) in [6, 6.07) is 5.05. The Bertz CT molecular complexity index is 601. The number of sulfonamides is 1. The van der Waals surface area contributed by atoms with Crippen LogP contribution in [-0.4, -0.2) is 39.0 Å². The summed E-state index contributed by atoms with van der Waals surface area (Å²) in [5.74, 6) is 0.546. The molecule has 1 aliphatic rings. The van der Waals surface area contributed by atoms with Gasteiger partial charge in [-0.25, -0.2) is 13.6 Å². The summed E-state index contributed by atoms with van der Waals surface area (Å²) in [5, 5.41) is 8.40. The lowest BCUT2D eigenvalue weighted by molar-refractivity contribution is 0.266. The zero-order valence-electron chi connectivity index (χ0n) is 12.5. The van der Waals surface area contributed by atoms with Crippen molar-refractivity contribution < 1.29 is 8.42 Å². The molecule has 7 heteroatoms. The van der Waals surface area contributed by atoms with E-state index < -0.39 is 10.0 Å². The van der Waals surface area contributed by atoms with Gasteiger partial charge in [-0.05, 0) is 50.9 Å². The van der Waals surface area contributed by atoms with Crippen LogP contribution < -0.4 is 16.2 Å². The number of anilines is 2. The molecule has 2 rings (SSSR count). The third-order valence-corrected chi connectivity index (χ3v) is 4.89. The van der Waals surface area contributed by atoms with Gasteiger partial charge in [-0.1, -0.05) is 0 Å². The quantitative estimate of drug-likeness (QED) is 0.706. The van der Waals surface area contributed by atoms with E-state index in [9.17, 15) is 8.42 Å². The molecule has 0 radical (unpaired) electrons. The molecular formula is C14H24N4O2S. The van der Waals surface area contributed by atoms with E-state index in [2.05, 4.69) is 24.1 Å². The zero-order valence-corrected chi connectivity index (χ0v) is 13.4. The molecule has 6 nitrogen and oxygen atoms in total. The number of nitrogens with zero attached hydrogens (tertiary/aromatic N) is 1. The first-order chi connectivity index (χ1) is 9.77. The molecule has 118 valence electrons. The highest BCUT2D eigenvalue weighted by Gasteiger charge is 2.24. The number of rotatable bonds is 5. The maximum Gasteiger partial charge on any atom is 0.238 e. The number of nitrogens with two attached hydrogens (primary N) is 2. The van der Waals surface area contributed by atoms with E-state index in [4.69, 9.17) is 10.9 Å². The SMILES string of the molecule is CC(C)N1CCC(CNc2cc(S(N)(=O)=O)ccc2N)C1. The molecule has 1 unspecified atom stereocenters. The fourth-order valence-electron chi connectivity index (χ4n) is 2.62. The molecule has 0 amide bonds. The van der Waals surface area contributed by atoms with Gasteiger partial charge < -0.3 is 16.0 Å². The van der Waals surface area contributed by atoms with Crippen LogP contribution in [0.3, 0.4) is 0 Å². The van der Waals surface area contributed by atoms with Crippen LogP contribution >= 0.6 is 0 Å². The summed E-state index contributed by atoms with van der Waals surface area (Å²) in [6.45, 7) is 7.34. The Balaban J connectivity index is 2.01. The van der Waals surface area contributed by atoms with E-state index in [1.54, 1.807) is 6.07 Å². The molecule has 5 N–H and O–H groups in total. The summed E-state index contributed by atoms with van der Waals surface area (Å²) in [6.07, 6.45) is 1.14. The van der Waals surface area contributed by atoms with Crippen molar-refractivity contribution in [3.63, 3.8) is 0 Å². The summed E-state index contributed by atoms with van der Waals surface area (Å²) in [7, 11) is -3.70. The molecule has 0 spiro atoms. The summed E-state index contributed by atoms with van der Waals surface area (Å²) in [4.78, 5) is 2.52. The fourth-order valence-corrected chi connectivity index (χ4v) is 3.16. The van der Waals surface area contributed by atoms with Crippen LogP contribution in [0.1, 0.15) is 20.3 Å². The van der Waals surface area contributed by atoms with Crippen LogP contribution in [-0.2, 0) is 10.0 Å². The van der Waals surface area contributed by atoms with Crippen LogP contribution in [0.4, 0.5) is 11.4 Å². The van der Waals surface area contributed by atoms with Crippen molar-refractivity contribution in [2.45, 2.75) is 31.2 Å².